The zero-order chi connectivity index (χ0) is 7.40. The molecule has 10 heavy (non-hydrogen) atoms. The lowest BCUT2D eigenvalue weighted by molar-refractivity contribution is 0.204. The molecule has 0 heterocycles. The Labute approximate surface area is 64.7 Å². The quantitative estimate of drug-likeness (QED) is 0.601. The maximum atomic E-state index is 8.82. The monoisotopic (exact) mass is 161 g/mol. The van der Waals surface area contributed by atoms with Crippen LogP contribution in [0.2, 0.25) is 0 Å². The third kappa shape index (κ3) is 2.19. The van der Waals surface area contributed by atoms with E-state index in [2.05, 4.69) is 14.5 Å². The Bertz CT molecular complexity index is 91.6. The van der Waals surface area contributed by atoms with Gasteiger partial charge in [0.1, 0.15) is 0 Å². The number of aliphatic hydroxyl groups excluding tert-OH is 1. The SMILES string of the molecule is OCC(CC1CCC1)NP. The number of hydrogen-bond donors (Lipinski definition) is 2. The van der Waals surface area contributed by atoms with Gasteiger partial charge in [-0.25, -0.2) is 0 Å². The first-order valence-corrected chi connectivity index (χ1v) is 4.51. The van der Waals surface area contributed by atoms with E-state index in [1.807, 2.05) is 0 Å². The van der Waals surface area contributed by atoms with Gasteiger partial charge in [-0.1, -0.05) is 28.7 Å². The summed E-state index contributed by atoms with van der Waals surface area (Å²) in [5, 5.41) is 11.8. The zero-order valence-electron chi connectivity index (χ0n) is 6.21. The average molecular weight is 161 g/mol. The van der Waals surface area contributed by atoms with E-state index in [1.165, 1.54) is 19.3 Å². The second-order valence-corrected chi connectivity index (χ2v) is 3.41. The van der Waals surface area contributed by atoms with E-state index in [0.29, 0.717) is 6.04 Å². The predicted molar refractivity (Wildman–Crippen MR) is 45.7 cm³/mol. The van der Waals surface area contributed by atoms with E-state index in [9.17, 15) is 0 Å². The molecule has 1 saturated carbocycles. The normalized spacial score (nSPS) is 22.2. The van der Waals surface area contributed by atoms with E-state index in [1.54, 1.807) is 0 Å². The lowest BCUT2D eigenvalue weighted by atomic mass is 9.81. The van der Waals surface area contributed by atoms with Gasteiger partial charge in [-0.2, -0.15) is 0 Å². The van der Waals surface area contributed by atoms with Crippen LogP contribution in [0.3, 0.4) is 0 Å². The first-order valence-electron chi connectivity index (χ1n) is 3.93. The molecule has 0 aromatic heterocycles. The van der Waals surface area contributed by atoms with Crippen molar-refractivity contribution in [1.29, 1.82) is 0 Å². The summed E-state index contributed by atoms with van der Waals surface area (Å²) in [6.07, 6.45) is 5.26. The Kier molecular flexibility index (Phi) is 3.61. The summed E-state index contributed by atoms with van der Waals surface area (Å²) < 4.78 is 0. The van der Waals surface area contributed by atoms with Gasteiger partial charge in [-0.3, -0.25) is 5.09 Å². The van der Waals surface area contributed by atoms with Crippen molar-refractivity contribution in [3.8, 4) is 0 Å². The van der Waals surface area contributed by atoms with Crippen molar-refractivity contribution in [1.82, 2.24) is 5.09 Å². The molecule has 2 nitrogen and oxygen atoms in total. The molecule has 0 amide bonds. The van der Waals surface area contributed by atoms with Gasteiger partial charge in [-0.05, 0) is 12.3 Å². The summed E-state index contributed by atoms with van der Waals surface area (Å²) in [5.41, 5.74) is 0. The summed E-state index contributed by atoms with van der Waals surface area (Å²) in [6.45, 7) is 0.264. The molecular formula is C7H16NOP. The van der Waals surface area contributed by atoms with E-state index in [4.69, 9.17) is 5.11 Å². The van der Waals surface area contributed by atoms with E-state index in [-0.39, 0.29) is 6.61 Å². The zero-order valence-corrected chi connectivity index (χ0v) is 7.37. The van der Waals surface area contributed by atoms with E-state index in [0.717, 1.165) is 12.3 Å². The lowest BCUT2D eigenvalue weighted by Gasteiger charge is -2.28. The lowest BCUT2D eigenvalue weighted by Crippen LogP contribution is -2.29. The summed E-state index contributed by atoms with van der Waals surface area (Å²) in [4.78, 5) is 0. The van der Waals surface area contributed by atoms with E-state index >= 15 is 0 Å². The summed E-state index contributed by atoms with van der Waals surface area (Å²) in [5.74, 6) is 0.880. The van der Waals surface area contributed by atoms with E-state index < -0.39 is 0 Å². The van der Waals surface area contributed by atoms with Crippen LogP contribution >= 0.6 is 9.39 Å². The highest BCUT2D eigenvalue weighted by atomic mass is 31.0. The summed E-state index contributed by atoms with van der Waals surface area (Å²) in [6, 6.07) is 0.301. The first kappa shape index (κ1) is 8.45. The molecule has 60 valence electrons. The largest absolute Gasteiger partial charge is 0.395 e. The molecule has 0 spiro atoms. The van der Waals surface area contributed by atoms with Gasteiger partial charge in [0, 0.05) is 6.04 Å². The number of hydrogen-bond acceptors (Lipinski definition) is 2. The minimum atomic E-state index is 0.264. The topological polar surface area (TPSA) is 32.3 Å². The third-order valence-corrected chi connectivity index (χ3v) is 2.77. The molecule has 1 fully saturated rings. The Morgan fingerprint density at radius 1 is 1.60 bits per heavy atom. The molecular weight excluding hydrogens is 145 g/mol. The molecule has 0 saturated heterocycles. The van der Waals surface area contributed by atoms with Crippen LogP contribution in [0.15, 0.2) is 0 Å². The van der Waals surface area contributed by atoms with Gasteiger partial charge < -0.3 is 5.11 Å². The second-order valence-electron chi connectivity index (χ2n) is 3.08. The van der Waals surface area contributed by atoms with Gasteiger partial charge in [0.2, 0.25) is 0 Å². The van der Waals surface area contributed by atoms with Crippen LogP contribution < -0.4 is 5.09 Å². The number of nitrogens with one attached hydrogen (secondary N) is 1. The number of aliphatic hydroxyl groups is 1. The summed E-state index contributed by atoms with van der Waals surface area (Å²) >= 11 is 0. The van der Waals surface area contributed by atoms with Crippen LogP contribution in [-0.4, -0.2) is 17.8 Å². The van der Waals surface area contributed by atoms with Crippen LogP contribution in [0.5, 0.6) is 0 Å². The molecule has 0 bridgehead atoms. The molecule has 0 radical (unpaired) electrons. The van der Waals surface area contributed by atoms with Gasteiger partial charge >= 0.3 is 0 Å². The average Bonchev–Trinajstić information content (AvgIpc) is 1.87. The van der Waals surface area contributed by atoms with Crippen LogP contribution in [-0.2, 0) is 0 Å². The van der Waals surface area contributed by atoms with Crippen LogP contribution in [0.4, 0.5) is 0 Å². The predicted octanol–water partition coefficient (Wildman–Crippen LogP) is 0.917. The maximum Gasteiger partial charge on any atom is 0.0587 e. The van der Waals surface area contributed by atoms with Crippen molar-refractivity contribution in [2.75, 3.05) is 6.61 Å². The molecule has 0 aromatic rings. The fourth-order valence-electron chi connectivity index (χ4n) is 1.33. The molecule has 0 aliphatic heterocycles. The van der Waals surface area contributed by atoms with Crippen molar-refractivity contribution in [2.24, 2.45) is 5.92 Å². The molecule has 1 aliphatic carbocycles. The van der Waals surface area contributed by atoms with Crippen LogP contribution in [0.25, 0.3) is 0 Å². The third-order valence-electron chi connectivity index (χ3n) is 2.30. The molecule has 1 rings (SSSR count). The standard InChI is InChI=1S/C7H16NOP/c9-5-7(8-10)4-6-2-1-3-6/h6-9H,1-5,10H2. The summed E-state index contributed by atoms with van der Waals surface area (Å²) in [7, 11) is 2.46. The Balaban J connectivity index is 2.08. The van der Waals surface area contributed by atoms with Crippen molar-refractivity contribution in [3.63, 3.8) is 0 Å². The van der Waals surface area contributed by atoms with Crippen molar-refractivity contribution in [2.45, 2.75) is 31.7 Å². The van der Waals surface area contributed by atoms with Gasteiger partial charge in [0.15, 0.2) is 0 Å². The second kappa shape index (κ2) is 4.27. The molecule has 2 unspecified atom stereocenters. The van der Waals surface area contributed by atoms with Crippen molar-refractivity contribution >= 4 is 9.39 Å². The van der Waals surface area contributed by atoms with Gasteiger partial charge in [-0.15, -0.1) is 0 Å². The fourth-order valence-corrected chi connectivity index (χ4v) is 1.57. The van der Waals surface area contributed by atoms with Crippen LogP contribution in [0, 0.1) is 5.92 Å². The fraction of sp³-hybridized carbons (Fsp3) is 1.00. The molecule has 0 aromatic carbocycles. The Morgan fingerprint density at radius 2 is 2.30 bits per heavy atom. The van der Waals surface area contributed by atoms with Crippen LogP contribution in [0.1, 0.15) is 25.7 Å². The molecule has 2 atom stereocenters. The molecule has 1 aliphatic rings. The minimum absolute atomic E-state index is 0.264. The Morgan fingerprint density at radius 3 is 2.60 bits per heavy atom. The smallest absolute Gasteiger partial charge is 0.0587 e. The molecule has 3 heteroatoms. The van der Waals surface area contributed by atoms with Crippen molar-refractivity contribution in [3.05, 3.63) is 0 Å². The Hall–Kier alpha value is 0.350. The molecule has 2 N–H and O–H groups in total. The van der Waals surface area contributed by atoms with Gasteiger partial charge in [0.05, 0.1) is 6.61 Å². The van der Waals surface area contributed by atoms with Gasteiger partial charge in [0.25, 0.3) is 0 Å². The maximum absolute atomic E-state index is 8.82. The number of rotatable bonds is 4. The minimum Gasteiger partial charge on any atom is -0.395 e. The van der Waals surface area contributed by atoms with Crippen molar-refractivity contribution < 1.29 is 5.11 Å². The highest BCUT2D eigenvalue weighted by molar-refractivity contribution is 7.13. The first-order chi connectivity index (χ1) is 4.86. The highest BCUT2D eigenvalue weighted by Gasteiger charge is 2.20. The highest BCUT2D eigenvalue weighted by Crippen LogP contribution is 2.30.